The summed E-state index contributed by atoms with van der Waals surface area (Å²) in [4.78, 5) is 15.9. The summed E-state index contributed by atoms with van der Waals surface area (Å²) in [6.45, 7) is 2.08. The van der Waals surface area contributed by atoms with Gasteiger partial charge in [0.25, 0.3) is 0 Å². The summed E-state index contributed by atoms with van der Waals surface area (Å²) in [6, 6.07) is 6.43. The lowest BCUT2D eigenvalue weighted by Crippen LogP contribution is -2.42. The van der Waals surface area contributed by atoms with Gasteiger partial charge in [-0.1, -0.05) is 13.0 Å². The first-order valence-electron chi connectivity index (χ1n) is 8.51. The standard InChI is InChI=1S/C19H22N2O2/c1-19-8-7-14-13-6-4-12(23-2)9-11(13)3-5-15(14)16(19)10-17(21-20)18(19)22/h4,6,9,14-16H,3,5,7-8,10H2,1-2H3/t14-,15-,16+,19+/m1/s1. The molecular formula is C19H22N2O2. The van der Waals surface area contributed by atoms with Crippen LogP contribution >= 0.6 is 0 Å². The quantitative estimate of drug-likeness (QED) is 0.589. The largest absolute Gasteiger partial charge is 0.497 e. The number of carbonyl (C=O) groups excluding carboxylic acids is 1. The Labute approximate surface area is 136 Å². The number of hydrogen-bond acceptors (Lipinski definition) is 2. The van der Waals surface area contributed by atoms with E-state index in [2.05, 4.69) is 29.9 Å². The third kappa shape index (κ3) is 1.94. The number of methoxy groups -OCH3 is 1. The van der Waals surface area contributed by atoms with Crippen LogP contribution in [0.25, 0.3) is 5.53 Å². The summed E-state index contributed by atoms with van der Waals surface area (Å²) in [5, 5.41) is 0. The van der Waals surface area contributed by atoms with Gasteiger partial charge in [-0.3, -0.25) is 4.79 Å². The van der Waals surface area contributed by atoms with Gasteiger partial charge in [0.05, 0.1) is 13.5 Å². The summed E-state index contributed by atoms with van der Waals surface area (Å²) in [5.74, 6) is 2.35. The zero-order valence-electron chi connectivity index (χ0n) is 13.7. The van der Waals surface area contributed by atoms with Gasteiger partial charge >= 0.3 is 5.71 Å². The first kappa shape index (κ1) is 14.6. The van der Waals surface area contributed by atoms with E-state index in [9.17, 15) is 4.79 Å². The van der Waals surface area contributed by atoms with Gasteiger partial charge < -0.3 is 10.3 Å². The highest BCUT2D eigenvalue weighted by atomic mass is 16.5. The summed E-state index contributed by atoms with van der Waals surface area (Å²) >= 11 is 0. The van der Waals surface area contributed by atoms with E-state index in [4.69, 9.17) is 10.3 Å². The van der Waals surface area contributed by atoms with Gasteiger partial charge in [-0.25, -0.2) is 0 Å². The van der Waals surface area contributed by atoms with E-state index in [1.807, 2.05) is 0 Å². The number of ether oxygens (including phenoxy) is 1. The molecule has 1 aromatic rings. The number of aryl methyl sites for hydroxylation is 1. The zero-order chi connectivity index (χ0) is 16.2. The smallest absolute Gasteiger partial charge is 0.335 e. The summed E-state index contributed by atoms with van der Waals surface area (Å²) in [7, 11) is 1.71. The molecule has 2 saturated carbocycles. The second-order valence-corrected chi connectivity index (χ2v) is 7.52. The highest BCUT2D eigenvalue weighted by Crippen LogP contribution is 2.58. The van der Waals surface area contributed by atoms with Crippen LogP contribution < -0.4 is 4.74 Å². The average molecular weight is 310 g/mol. The minimum Gasteiger partial charge on any atom is -0.497 e. The molecule has 1 aromatic carbocycles. The third-order valence-electron chi connectivity index (χ3n) is 6.64. The predicted molar refractivity (Wildman–Crippen MR) is 86.6 cm³/mol. The van der Waals surface area contributed by atoms with Crippen molar-refractivity contribution >= 4 is 11.5 Å². The topological polar surface area (TPSA) is 62.7 Å². The molecule has 4 heteroatoms. The van der Waals surface area contributed by atoms with Crippen molar-refractivity contribution in [2.24, 2.45) is 17.3 Å². The van der Waals surface area contributed by atoms with Gasteiger partial charge in [0, 0.05) is 5.41 Å². The van der Waals surface area contributed by atoms with Gasteiger partial charge in [-0.2, -0.15) is 4.79 Å². The fraction of sp³-hybridized carbons (Fsp3) is 0.579. The van der Waals surface area contributed by atoms with Crippen LogP contribution in [0.15, 0.2) is 18.2 Å². The van der Waals surface area contributed by atoms with Crippen molar-refractivity contribution in [3.8, 4) is 5.75 Å². The van der Waals surface area contributed by atoms with Gasteiger partial charge in [0.15, 0.2) is 0 Å². The molecule has 0 unspecified atom stereocenters. The minimum absolute atomic E-state index is 0.0731. The van der Waals surface area contributed by atoms with E-state index in [1.54, 1.807) is 7.11 Å². The lowest BCUT2D eigenvalue weighted by atomic mass is 9.55. The lowest BCUT2D eigenvalue weighted by Gasteiger charge is -2.47. The Morgan fingerprint density at radius 1 is 1.35 bits per heavy atom. The predicted octanol–water partition coefficient (Wildman–Crippen LogP) is 3.40. The SMILES string of the molecule is COc1ccc2c(c1)CC[C@@H]1[C@@H]2CC[C@]2(C)C(=O)C(=[N+]=[N-])C[C@@H]12. The van der Waals surface area contributed by atoms with Crippen LogP contribution in [0, 0.1) is 17.3 Å². The van der Waals surface area contributed by atoms with E-state index < -0.39 is 0 Å². The highest BCUT2D eigenvalue weighted by Gasteiger charge is 2.60. The first-order valence-corrected chi connectivity index (χ1v) is 8.51. The Kier molecular flexibility index (Phi) is 3.21. The molecule has 3 aliphatic rings. The number of nitrogens with zero attached hydrogens (tertiary/aromatic N) is 2. The van der Waals surface area contributed by atoms with Crippen LogP contribution in [0.5, 0.6) is 5.75 Å². The van der Waals surface area contributed by atoms with Crippen molar-refractivity contribution in [2.75, 3.05) is 7.11 Å². The second kappa shape index (κ2) is 5.04. The molecule has 0 saturated heterocycles. The maximum absolute atomic E-state index is 12.6. The molecule has 0 radical (unpaired) electrons. The van der Waals surface area contributed by atoms with Gasteiger partial charge in [0.2, 0.25) is 5.78 Å². The monoisotopic (exact) mass is 310 g/mol. The van der Waals surface area contributed by atoms with Crippen molar-refractivity contribution < 1.29 is 14.3 Å². The molecule has 0 amide bonds. The summed E-state index contributed by atoms with van der Waals surface area (Å²) in [6.07, 6.45) is 4.72. The lowest BCUT2D eigenvalue weighted by molar-refractivity contribution is -0.128. The molecule has 4 rings (SSSR count). The van der Waals surface area contributed by atoms with Crippen LogP contribution in [0.3, 0.4) is 0 Å². The molecule has 0 N–H and O–H groups in total. The van der Waals surface area contributed by atoms with Crippen molar-refractivity contribution in [2.45, 2.75) is 44.9 Å². The van der Waals surface area contributed by atoms with E-state index in [0.717, 1.165) is 31.4 Å². The van der Waals surface area contributed by atoms with Crippen molar-refractivity contribution in [1.82, 2.24) is 0 Å². The number of ketones is 1. The number of hydrogen-bond donors (Lipinski definition) is 0. The fourth-order valence-corrected chi connectivity index (χ4v) is 5.38. The Balaban J connectivity index is 1.72. The average Bonchev–Trinajstić information content (AvgIpc) is 2.85. The van der Waals surface area contributed by atoms with Crippen LogP contribution in [-0.4, -0.2) is 23.4 Å². The molecule has 2 fully saturated rings. The maximum Gasteiger partial charge on any atom is 0.335 e. The minimum atomic E-state index is -0.327. The van der Waals surface area contributed by atoms with Crippen molar-refractivity contribution in [1.29, 1.82) is 0 Å². The number of benzene rings is 1. The van der Waals surface area contributed by atoms with Crippen LogP contribution in [-0.2, 0) is 11.2 Å². The number of fused-ring (bicyclic) bond motifs is 5. The normalized spacial score (nSPS) is 35.1. The van der Waals surface area contributed by atoms with Crippen LogP contribution in [0.4, 0.5) is 0 Å². The molecule has 120 valence electrons. The molecule has 0 aliphatic heterocycles. The van der Waals surface area contributed by atoms with Gasteiger partial charge in [-0.05, 0) is 66.7 Å². The summed E-state index contributed by atoms with van der Waals surface area (Å²) < 4.78 is 5.36. The molecule has 0 aromatic heterocycles. The van der Waals surface area contributed by atoms with E-state index in [1.165, 1.54) is 11.1 Å². The second-order valence-electron chi connectivity index (χ2n) is 7.52. The number of rotatable bonds is 1. The molecule has 3 aliphatic carbocycles. The molecule has 0 heterocycles. The fourth-order valence-electron chi connectivity index (χ4n) is 5.38. The van der Waals surface area contributed by atoms with Crippen LogP contribution in [0.2, 0.25) is 0 Å². The Hall–Kier alpha value is -1.93. The van der Waals surface area contributed by atoms with Crippen molar-refractivity contribution in [3.63, 3.8) is 0 Å². The first-order chi connectivity index (χ1) is 11.1. The highest BCUT2D eigenvalue weighted by molar-refractivity contribution is 6.41. The number of carbonyl (C=O) groups is 1. The Bertz CT molecular complexity index is 735. The third-order valence-corrected chi connectivity index (χ3v) is 6.64. The van der Waals surface area contributed by atoms with Gasteiger partial charge in [0.1, 0.15) is 5.75 Å². The Morgan fingerprint density at radius 2 is 2.17 bits per heavy atom. The Morgan fingerprint density at radius 3 is 2.91 bits per heavy atom. The summed E-state index contributed by atoms with van der Waals surface area (Å²) in [5.41, 5.74) is 12.1. The number of Topliss-reactive ketones (excluding diaryl/α,β-unsaturated/α-hetero) is 1. The van der Waals surface area contributed by atoms with E-state index in [-0.39, 0.29) is 11.2 Å². The van der Waals surface area contributed by atoms with Crippen molar-refractivity contribution in [3.05, 3.63) is 34.9 Å². The van der Waals surface area contributed by atoms with Crippen LogP contribution in [0.1, 0.15) is 49.7 Å². The van der Waals surface area contributed by atoms with E-state index >= 15 is 0 Å². The molecule has 4 nitrogen and oxygen atoms in total. The molecule has 0 spiro atoms. The van der Waals surface area contributed by atoms with Gasteiger partial charge in [-0.15, -0.1) is 0 Å². The molecule has 4 atom stereocenters. The molecule has 0 bridgehead atoms. The zero-order valence-corrected chi connectivity index (χ0v) is 13.7. The maximum atomic E-state index is 12.6. The molecule has 23 heavy (non-hydrogen) atoms. The molecular weight excluding hydrogens is 288 g/mol. The van der Waals surface area contributed by atoms with E-state index in [0.29, 0.717) is 29.9 Å².